The third kappa shape index (κ3) is 4.89. The van der Waals surface area contributed by atoms with Gasteiger partial charge in [-0.1, -0.05) is 13.8 Å². The smallest absolute Gasteiger partial charge is 0.167 e. The third-order valence-corrected chi connectivity index (χ3v) is 3.14. The van der Waals surface area contributed by atoms with Gasteiger partial charge in [-0.2, -0.15) is 0 Å². The van der Waals surface area contributed by atoms with Crippen molar-refractivity contribution >= 4 is 11.4 Å². The van der Waals surface area contributed by atoms with Crippen LogP contribution < -0.4 is 15.8 Å². The third-order valence-electron chi connectivity index (χ3n) is 3.14. The molecule has 3 N–H and O–H groups in total. The van der Waals surface area contributed by atoms with Crippen LogP contribution in [0.4, 0.5) is 15.8 Å². The first-order valence-electron chi connectivity index (χ1n) is 6.84. The number of halogens is 1. The molecule has 5 heteroatoms. The molecule has 0 heterocycles. The minimum absolute atomic E-state index is 0.0581. The molecule has 1 aromatic carbocycles. The lowest BCUT2D eigenvalue weighted by atomic mass is 9.89. The van der Waals surface area contributed by atoms with Crippen LogP contribution in [0.2, 0.25) is 0 Å². The van der Waals surface area contributed by atoms with Crippen molar-refractivity contribution in [3.05, 3.63) is 17.9 Å². The molecule has 0 saturated heterocycles. The van der Waals surface area contributed by atoms with Crippen LogP contribution in [0, 0.1) is 11.2 Å². The van der Waals surface area contributed by atoms with Gasteiger partial charge in [0.05, 0.1) is 18.0 Å². The Morgan fingerprint density at radius 2 is 2.05 bits per heavy atom. The second-order valence-corrected chi connectivity index (χ2v) is 5.56. The van der Waals surface area contributed by atoms with E-state index < -0.39 is 5.82 Å². The van der Waals surface area contributed by atoms with E-state index in [9.17, 15) is 4.39 Å². The zero-order valence-corrected chi connectivity index (χ0v) is 12.8. The molecule has 0 amide bonds. The summed E-state index contributed by atoms with van der Waals surface area (Å²) in [6.45, 7) is 7.94. The molecule has 4 nitrogen and oxygen atoms in total. The van der Waals surface area contributed by atoms with Crippen LogP contribution in [0.25, 0.3) is 0 Å². The summed E-state index contributed by atoms with van der Waals surface area (Å²) in [6.07, 6.45) is 0.927. The van der Waals surface area contributed by atoms with Gasteiger partial charge in [0, 0.05) is 32.4 Å². The van der Waals surface area contributed by atoms with Crippen LogP contribution >= 0.6 is 0 Å². The maximum absolute atomic E-state index is 13.6. The minimum atomic E-state index is -0.437. The molecule has 0 aliphatic rings. The fraction of sp³-hybridized carbons (Fsp3) is 0.600. The molecule has 0 aliphatic heterocycles. The van der Waals surface area contributed by atoms with Gasteiger partial charge in [-0.25, -0.2) is 4.39 Å². The van der Waals surface area contributed by atoms with Crippen molar-refractivity contribution in [2.75, 3.05) is 37.9 Å². The lowest BCUT2D eigenvalue weighted by Crippen LogP contribution is -2.25. The monoisotopic (exact) mass is 284 g/mol. The fourth-order valence-electron chi connectivity index (χ4n) is 1.79. The van der Waals surface area contributed by atoms with Gasteiger partial charge in [0.25, 0.3) is 0 Å². The predicted molar refractivity (Wildman–Crippen MR) is 80.7 cm³/mol. The predicted octanol–water partition coefficient (Wildman–Crippen LogP) is 3.28. The number of hydrogen-bond acceptors (Lipinski definition) is 4. The van der Waals surface area contributed by atoms with Crippen LogP contribution in [0.3, 0.4) is 0 Å². The zero-order chi connectivity index (χ0) is 15.2. The summed E-state index contributed by atoms with van der Waals surface area (Å²) >= 11 is 0. The van der Waals surface area contributed by atoms with Crippen molar-refractivity contribution < 1.29 is 13.9 Å². The van der Waals surface area contributed by atoms with E-state index in [1.165, 1.54) is 6.07 Å². The number of nitrogens with one attached hydrogen (secondary N) is 1. The van der Waals surface area contributed by atoms with Gasteiger partial charge in [-0.15, -0.1) is 0 Å². The zero-order valence-electron chi connectivity index (χ0n) is 12.8. The van der Waals surface area contributed by atoms with Gasteiger partial charge in [0.1, 0.15) is 0 Å². The lowest BCUT2D eigenvalue weighted by molar-refractivity contribution is 0.157. The van der Waals surface area contributed by atoms with Gasteiger partial charge in [-0.3, -0.25) is 0 Å². The van der Waals surface area contributed by atoms with E-state index in [4.69, 9.17) is 15.2 Å². The molecular formula is C15H25FN2O2. The van der Waals surface area contributed by atoms with E-state index in [-0.39, 0.29) is 11.2 Å². The molecular weight excluding hydrogens is 259 g/mol. The van der Waals surface area contributed by atoms with Crippen LogP contribution in [0.1, 0.15) is 27.2 Å². The number of anilines is 2. The molecule has 0 fully saturated rings. The van der Waals surface area contributed by atoms with E-state index in [1.807, 2.05) is 6.92 Å². The molecule has 0 aliphatic carbocycles. The van der Waals surface area contributed by atoms with E-state index in [0.717, 1.165) is 13.0 Å². The maximum atomic E-state index is 13.6. The molecule has 114 valence electrons. The molecule has 0 bridgehead atoms. The first kappa shape index (κ1) is 16.6. The van der Waals surface area contributed by atoms with Gasteiger partial charge >= 0.3 is 0 Å². The van der Waals surface area contributed by atoms with Crippen LogP contribution in [-0.2, 0) is 4.74 Å². The molecule has 0 spiro atoms. The van der Waals surface area contributed by atoms with Crippen LogP contribution in [0.5, 0.6) is 5.75 Å². The van der Waals surface area contributed by atoms with E-state index in [0.29, 0.717) is 24.6 Å². The second-order valence-electron chi connectivity index (χ2n) is 5.56. The Morgan fingerprint density at radius 1 is 1.35 bits per heavy atom. The Morgan fingerprint density at radius 3 is 2.65 bits per heavy atom. The average Bonchev–Trinajstić information content (AvgIpc) is 2.38. The summed E-state index contributed by atoms with van der Waals surface area (Å²) in [4.78, 5) is 0. The number of rotatable bonds is 8. The fourth-order valence-corrected chi connectivity index (χ4v) is 1.79. The molecule has 0 unspecified atom stereocenters. The average molecular weight is 284 g/mol. The molecule has 0 aromatic heterocycles. The number of nitrogen functional groups attached to an aromatic ring is 1. The van der Waals surface area contributed by atoms with Gasteiger partial charge in [-0.05, 0) is 18.8 Å². The normalized spacial score (nSPS) is 11.4. The summed E-state index contributed by atoms with van der Waals surface area (Å²) in [5.74, 6) is -0.215. The number of benzene rings is 1. The highest BCUT2D eigenvalue weighted by Crippen LogP contribution is 2.30. The largest absolute Gasteiger partial charge is 0.491 e. The molecule has 0 atom stereocenters. The molecule has 0 saturated carbocycles. The SMILES string of the molecule is CCOc1cc(NCC(C)(C)CCOC)c(N)cc1F. The van der Waals surface area contributed by atoms with Crippen LogP contribution in [0.15, 0.2) is 12.1 Å². The Labute approximate surface area is 120 Å². The number of methoxy groups -OCH3 is 1. The highest BCUT2D eigenvalue weighted by Gasteiger charge is 2.18. The number of hydrogen-bond donors (Lipinski definition) is 2. The van der Waals surface area contributed by atoms with Gasteiger partial charge in [0.15, 0.2) is 11.6 Å². The molecule has 1 rings (SSSR count). The number of nitrogens with two attached hydrogens (primary N) is 1. The van der Waals surface area contributed by atoms with E-state index in [1.54, 1.807) is 13.2 Å². The van der Waals surface area contributed by atoms with Gasteiger partial charge < -0.3 is 20.5 Å². The molecule has 20 heavy (non-hydrogen) atoms. The minimum Gasteiger partial charge on any atom is -0.491 e. The maximum Gasteiger partial charge on any atom is 0.167 e. The number of ether oxygens (including phenoxy) is 2. The van der Waals surface area contributed by atoms with Crippen molar-refractivity contribution in [3.8, 4) is 5.75 Å². The van der Waals surface area contributed by atoms with Gasteiger partial charge in [0.2, 0.25) is 0 Å². The Kier molecular flexibility index (Phi) is 6.07. The van der Waals surface area contributed by atoms with Crippen molar-refractivity contribution in [3.63, 3.8) is 0 Å². The van der Waals surface area contributed by atoms with Crippen molar-refractivity contribution in [2.24, 2.45) is 5.41 Å². The lowest BCUT2D eigenvalue weighted by Gasteiger charge is -2.25. The second kappa shape index (κ2) is 7.33. The first-order valence-corrected chi connectivity index (χ1v) is 6.84. The van der Waals surface area contributed by atoms with Crippen molar-refractivity contribution in [1.82, 2.24) is 0 Å². The Hall–Kier alpha value is -1.49. The summed E-state index contributed by atoms with van der Waals surface area (Å²) in [6, 6.07) is 2.90. The van der Waals surface area contributed by atoms with E-state index >= 15 is 0 Å². The summed E-state index contributed by atoms with van der Waals surface area (Å²) < 4.78 is 23.9. The van der Waals surface area contributed by atoms with E-state index in [2.05, 4.69) is 19.2 Å². The molecule has 0 radical (unpaired) electrons. The Balaban J connectivity index is 2.74. The Bertz CT molecular complexity index is 436. The highest BCUT2D eigenvalue weighted by molar-refractivity contribution is 5.68. The van der Waals surface area contributed by atoms with Crippen molar-refractivity contribution in [2.45, 2.75) is 27.2 Å². The van der Waals surface area contributed by atoms with Crippen LogP contribution in [-0.4, -0.2) is 26.9 Å². The summed E-state index contributed by atoms with van der Waals surface area (Å²) in [5, 5.41) is 3.26. The highest BCUT2D eigenvalue weighted by atomic mass is 19.1. The summed E-state index contributed by atoms with van der Waals surface area (Å²) in [7, 11) is 1.69. The van der Waals surface area contributed by atoms with Crippen molar-refractivity contribution in [1.29, 1.82) is 0 Å². The molecule has 1 aromatic rings. The standard InChI is InChI=1S/C15H25FN2O2/c1-5-20-14-9-13(12(17)8-11(14)16)18-10-15(2,3)6-7-19-4/h8-9,18H,5-7,10,17H2,1-4H3. The summed E-state index contributed by atoms with van der Waals surface area (Å²) in [5.41, 5.74) is 6.97. The topological polar surface area (TPSA) is 56.5 Å². The first-order chi connectivity index (χ1) is 9.39. The quantitative estimate of drug-likeness (QED) is 0.719.